The molecule has 5 heteroatoms. The van der Waals surface area contributed by atoms with Crippen LogP contribution >= 0.6 is 11.8 Å². The van der Waals surface area contributed by atoms with Gasteiger partial charge in [0.25, 0.3) is 0 Å². The number of carbonyl (C=O) groups excluding carboxylic acids is 1. The zero-order chi connectivity index (χ0) is 20.8. The molecule has 1 heterocycles. The highest BCUT2D eigenvalue weighted by molar-refractivity contribution is 7.98. The van der Waals surface area contributed by atoms with Crippen LogP contribution in [0.1, 0.15) is 40.8 Å². The van der Waals surface area contributed by atoms with Crippen LogP contribution in [0.25, 0.3) is 11.5 Å². The van der Waals surface area contributed by atoms with E-state index < -0.39 is 0 Å². The van der Waals surface area contributed by atoms with Gasteiger partial charge >= 0.3 is 0 Å². The molecule has 152 valence electrons. The summed E-state index contributed by atoms with van der Waals surface area (Å²) < 4.78 is 5.59. The SMILES string of the molecule is Cc1ccc(-c2nc(CSCCCC(=O)Nc3c(C)cc(C)cc3C)co2)cc1. The highest BCUT2D eigenvalue weighted by Crippen LogP contribution is 2.23. The van der Waals surface area contributed by atoms with Gasteiger partial charge in [0.15, 0.2) is 0 Å². The van der Waals surface area contributed by atoms with Crippen molar-refractivity contribution in [3.05, 3.63) is 70.6 Å². The molecule has 0 atom stereocenters. The van der Waals surface area contributed by atoms with Crippen molar-refractivity contribution in [2.24, 2.45) is 0 Å². The highest BCUT2D eigenvalue weighted by atomic mass is 32.2. The van der Waals surface area contributed by atoms with Crippen LogP contribution in [0.15, 0.2) is 47.1 Å². The molecule has 1 aromatic heterocycles. The molecule has 3 rings (SSSR count). The molecular formula is C24H28N2O2S. The number of hydrogen-bond donors (Lipinski definition) is 1. The Hall–Kier alpha value is -2.53. The zero-order valence-corrected chi connectivity index (χ0v) is 18.4. The number of thioether (sulfide) groups is 1. The Balaban J connectivity index is 1.40. The summed E-state index contributed by atoms with van der Waals surface area (Å²) in [5.74, 6) is 2.42. The minimum absolute atomic E-state index is 0.0729. The predicted octanol–water partition coefficient (Wildman–Crippen LogP) is 6.23. The molecule has 1 amide bonds. The zero-order valence-electron chi connectivity index (χ0n) is 17.5. The fourth-order valence-corrected chi connectivity index (χ4v) is 4.13. The number of hydrogen-bond acceptors (Lipinski definition) is 4. The third kappa shape index (κ3) is 5.97. The Morgan fingerprint density at radius 3 is 2.41 bits per heavy atom. The molecule has 1 N–H and O–H groups in total. The third-order valence-electron chi connectivity index (χ3n) is 4.73. The normalized spacial score (nSPS) is 10.9. The number of anilines is 1. The van der Waals surface area contributed by atoms with Crippen LogP contribution < -0.4 is 5.32 Å². The molecule has 0 aliphatic carbocycles. The average molecular weight is 409 g/mol. The standard InChI is InChI=1S/C24H28N2O2S/c1-16-7-9-20(10-8-16)24-25-21(14-28-24)15-29-11-5-6-22(27)26-23-18(3)12-17(2)13-19(23)4/h7-10,12-14H,5-6,11,15H2,1-4H3,(H,26,27). The smallest absolute Gasteiger partial charge is 0.226 e. The number of aryl methyl sites for hydroxylation is 4. The van der Waals surface area contributed by atoms with E-state index in [-0.39, 0.29) is 5.91 Å². The lowest BCUT2D eigenvalue weighted by atomic mass is 10.0. The van der Waals surface area contributed by atoms with E-state index >= 15 is 0 Å². The van der Waals surface area contributed by atoms with Crippen molar-refractivity contribution >= 4 is 23.4 Å². The van der Waals surface area contributed by atoms with Crippen molar-refractivity contribution in [1.29, 1.82) is 0 Å². The van der Waals surface area contributed by atoms with E-state index in [1.165, 1.54) is 11.1 Å². The van der Waals surface area contributed by atoms with Crippen molar-refractivity contribution in [3.8, 4) is 11.5 Å². The first-order chi connectivity index (χ1) is 13.9. The third-order valence-corrected chi connectivity index (χ3v) is 5.81. The fraction of sp³-hybridized carbons (Fsp3) is 0.333. The summed E-state index contributed by atoms with van der Waals surface area (Å²) in [6.45, 7) is 8.20. The number of oxazole rings is 1. The monoisotopic (exact) mass is 408 g/mol. The molecule has 0 saturated carbocycles. The van der Waals surface area contributed by atoms with Crippen molar-refractivity contribution in [2.45, 2.75) is 46.3 Å². The van der Waals surface area contributed by atoms with E-state index in [9.17, 15) is 4.79 Å². The van der Waals surface area contributed by atoms with Gasteiger partial charge in [-0.3, -0.25) is 4.79 Å². The largest absolute Gasteiger partial charge is 0.444 e. The van der Waals surface area contributed by atoms with Gasteiger partial charge in [0, 0.05) is 23.4 Å². The van der Waals surface area contributed by atoms with Gasteiger partial charge in [-0.25, -0.2) is 4.98 Å². The van der Waals surface area contributed by atoms with E-state index in [2.05, 4.69) is 48.4 Å². The maximum absolute atomic E-state index is 12.3. The van der Waals surface area contributed by atoms with Crippen LogP contribution in [0.2, 0.25) is 0 Å². The van der Waals surface area contributed by atoms with Crippen LogP contribution in [0.5, 0.6) is 0 Å². The molecule has 3 aromatic rings. The van der Waals surface area contributed by atoms with E-state index in [4.69, 9.17) is 4.42 Å². The Morgan fingerprint density at radius 2 is 1.72 bits per heavy atom. The minimum Gasteiger partial charge on any atom is -0.444 e. The second-order valence-electron chi connectivity index (χ2n) is 7.49. The Morgan fingerprint density at radius 1 is 1.03 bits per heavy atom. The summed E-state index contributed by atoms with van der Waals surface area (Å²) in [6, 6.07) is 12.3. The average Bonchev–Trinajstić information content (AvgIpc) is 3.14. The summed E-state index contributed by atoms with van der Waals surface area (Å²) in [7, 11) is 0. The molecule has 2 aromatic carbocycles. The molecule has 4 nitrogen and oxygen atoms in total. The molecular weight excluding hydrogens is 380 g/mol. The Labute approximate surface area is 177 Å². The molecule has 0 saturated heterocycles. The minimum atomic E-state index is 0.0729. The van der Waals surface area contributed by atoms with Crippen LogP contribution in [-0.2, 0) is 10.5 Å². The van der Waals surface area contributed by atoms with Gasteiger partial charge in [0.1, 0.15) is 6.26 Å². The molecule has 0 aliphatic heterocycles. The van der Waals surface area contributed by atoms with Crippen LogP contribution in [-0.4, -0.2) is 16.6 Å². The van der Waals surface area contributed by atoms with Gasteiger partial charge in [-0.2, -0.15) is 11.8 Å². The maximum atomic E-state index is 12.3. The van der Waals surface area contributed by atoms with Gasteiger partial charge in [-0.05, 0) is 63.1 Å². The number of aromatic nitrogens is 1. The lowest BCUT2D eigenvalue weighted by Crippen LogP contribution is -2.13. The first-order valence-electron chi connectivity index (χ1n) is 9.89. The van der Waals surface area contributed by atoms with E-state index in [0.29, 0.717) is 12.3 Å². The van der Waals surface area contributed by atoms with E-state index in [0.717, 1.165) is 46.0 Å². The fourth-order valence-electron chi connectivity index (χ4n) is 3.29. The van der Waals surface area contributed by atoms with Crippen molar-refractivity contribution < 1.29 is 9.21 Å². The molecule has 0 fully saturated rings. The van der Waals surface area contributed by atoms with E-state index in [1.54, 1.807) is 18.0 Å². The second kappa shape index (κ2) is 9.79. The van der Waals surface area contributed by atoms with Gasteiger partial charge in [0.05, 0.1) is 5.69 Å². The predicted molar refractivity (Wildman–Crippen MR) is 121 cm³/mol. The highest BCUT2D eigenvalue weighted by Gasteiger charge is 2.09. The summed E-state index contributed by atoms with van der Waals surface area (Å²) in [6.07, 6.45) is 3.08. The van der Waals surface area contributed by atoms with Crippen LogP contribution in [0, 0.1) is 27.7 Å². The summed E-state index contributed by atoms with van der Waals surface area (Å²) >= 11 is 1.77. The lowest BCUT2D eigenvalue weighted by molar-refractivity contribution is -0.116. The first kappa shape index (κ1) is 21.2. The summed E-state index contributed by atoms with van der Waals surface area (Å²) in [5.41, 5.74) is 7.52. The molecule has 0 aliphatic rings. The first-order valence-corrected chi connectivity index (χ1v) is 11.0. The molecule has 0 bridgehead atoms. The molecule has 0 radical (unpaired) electrons. The number of benzene rings is 2. The Bertz CT molecular complexity index is 954. The quantitative estimate of drug-likeness (QED) is 0.449. The van der Waals surface area contributed by atoms with Crippen molar-refractivity contribution in [3.63, 3.8) is 0 Å². The lowest BCUT2D eigenvalue weighted by Gasteiger charge is -2.12. The Kier molecular flexibility index (Phi) is 7.15. The van der Waals surface area contributed by atoms with Crippen molar-refractivity contribution in [2.75, 3.05) is 11.1 Å². The molecule has 0 spiro atoms. The number of nitrogens with zero attached hydrogens (tertiary/aromatic N) is 1. The van der Waals surface area contributed by atoms with Gasteiger partial charge in [-0.1, -0.05) is 35.4 Å². The van der Waals surface area contributed by atoms with Gasteiger partial charge in [0.2, 0.25) is 11.8 Å². The number of amides is 1. The van der Waals surface area contributed by atoms with Crippen molar-refractivity contribution in [1.82, 2.24) is 4.98 Å². The summed E-state index contributed by atoms with van der Waals surface area (Å²) in [5, 5.41) is 3.06. The molecule has 0 unspecified atom stereocenters. The van der Waals surface area contributed by atoms with E-state index in [1.807, 2.05) is 26.0 Å². The van der Waals surface area contributed by atoms with Gasteiger partial charge in [-0.15, -0.1) is 0 Å². The molecule has 29 heavy (non-hydrogen) atoms. The van der Waals surface area contributed by atoms with Crippen LogP contribution in [0.4, 0.5) is 5.69 Å². The van der Waals surface area contributed by atoms with Crippen LogP contribution in [0.3, 0.4) is 0 Å². The number of nitrogens with one attached hydrogen (secondary N) is 1. The summed E-state index contributed by atoms with van der Waals surface area (Å²) in [4.78, 5) is 16.8. The van der Waals surface area contributed by atoms with Gasteiger partial charge < -0.3 is 9.73 Å². The number of rotatable bonds is 8. The topological polar surface area (TPSA) is 55.1 Å². The maximum Gasteiger partial charge on any atom is 0.226 e. The number of carbonyl (C=O) groups is 1. The second-order valence-corrected chi connectivity index (χ2v) is 8.59.